The maximum Gasteiger partial charge on any atom is 0.407 e. The monoisotopic (exact) mass is 334 g/mol. The van der Waals surface area contributed by atoms with Gasteiger partial charge in [0, 0.05) is 19.5 Å². The molecule has 0 spiro atoms. The third-order valence-electron chi connectivity index (χ3n) is 3.33. The number of ether oxygens (including phenoxy) is 1. The van der Waals surface area contributed by atoms with Crippen LogP contribution in [0.4, 0.5) is 4.79 Å². The number of alkyl carbamates (subject to hydrolysis) is 1. The summed E-state index contributed by atoms with van der Waals surface area (Å²) in [6, 6.07) is 8.81. The normalized spacial score (nSPS) is 11.2. The highest BCUT2D eigenvalue weighted by Gasteiger charge is 2.21. The predicted octanol–water partition coefficient (Wildman–Crippen LogP) is 0.870. The molecule has 0 saturated carbocycles. The molecule has 132 valence electrons. The maximum atomic E-state index is 12.3. The number of unbranched alkanes of at least 4 members (excludes halogenated alkanes) is 1. The molecule has 0 aromatic heterocycles. The highest BCUT2D eigenvalue weighted by atomic mass is 16.5. The number of benzene rings is 1. The Morgan fingerprint density at radius 3 is 2.38 bits per heavy atom. The Hall–Kier alpha value is -2.70. The largest absolute Gasteiger partial charge is 0.453 e. The van der Waals surface area contributed by atoms with Gasteiger partial charge < -0.3 is 26.4 Å². The van der Waals surface area contributed by atoms with E-state index in [1.54, 1.807) is 0 Å². The Morgan fingerprint density at radius 2 is 1.79 bits per heavy atom. The van der Waals surface area contributed by atoms with E-state index in [4.69, 9.17) is 5.73 Å². The van der Waals surface area contributed by atoms with E-state index in [1.165, 1.54) is 7.11 Å². The number of rotatable bonds is 10. The fraction of sp³-hybridized carbons (Fsp3) is 0.412. The molecule has 0 fully saturated rings. The fourth-order valence-corrected chi connectivity index (χ4v) is 2.09. The number of nitrogens with two attached hydrogens (primary N) is 1. The van der Waals surface area contributed by atoms with Crippen LogP contribution < -0.4 is 21.7 Å². The smallest absolute Gasteiger partial charge is 0.407 e. The van der Waals surface area contributed by atoms with Crippen molar-refractivity contribution in [1.82, 2.24) is 16.0 Å². The van der Waals surface area contributed by atoms with Crippen LogP contribution in [0.3, 0.4) is 0 Å². The topological polar surface area (TPSA) is 105 Å². The van der Waals surface area contributed by atoms with Gasteiger partial charge in [0.1, 0.15) is 6.04 Å². The molecule has 7 heteroatoms. The summed E-state index contributed by atoms with van der Waals surface area (Å²) >= 11 is 0. The van der Waals surface area contributed by atoms with E-state index in [2.05, 4.69) is 27.3 Å². The van der Waals surface area contributed by atoms with Crippen molar-refractivity contribution >= 4 is 12.0 Å². The molecule has 0 unspecified atom stereocenters. The minimum atomic E-state index is -0.679. The van der Waals surface area contributed by atoms with Crippen LogP contribution >= 0.6 is 0 Å². The lowest BCUT2D eigenvalue weighted by Crippen LogP contribution is -2.48. The molecule has 0 aliphatic heterocycles. The number of carbonyl (C=O) groups is 2. The molecule has 1 atom stereocenters. The van der Waals surface area contributed by atoms with Crippen LogP contribution in [0, 0.1) is 0 Å². The second kappa shape index (κ2) is 10.9. The van der Waals surface area contributed by atoms with Gasteiger partial charge in [0.25, 0.3) is 0 Å². The van der Waals surface area contributed by atoms with Crippen molar-refractivity contribution in [2.24, 2.45) is 5.73 Å². The molecule has 1 rings (SSSR count). The summed E-state index contributed by atoms with van der Waals surface area (Å²) < 4.78 is 4.59. The van der Waals surface area contributed by atoms with E-state index in [0.29, 0.717) is 25.3 Å². The molecule has 0 bridgehead atoms. The zero-order valence-electron chi connectivity index (χ0n) is 14.0. The maximum absolute atomic E-state index is 12.3. The van der Waals surface area contributed by atoms with Gasteiger partial charge in [0.05, 0.1) is 12.9 Å². The van der Waals surface area contributed by atoms with Crippen molar-refractivity contribution in [3.63, 3.8) is 0 Å². The van der Waals surface area contributed by atoms with Crippen LogP contribution in [0.2, 0.25) is 0 Å². The van der Waals surface area contributed by atoms with Crippen molar-refractivity contribution in [2.75, 3.05) is 20.2 Å². The Labute approximate surface area is 142 Å². The van der Waals surface area contributed by atoms with E-state index < -0.39 is 12.1 Å². The molecule has 0 aliphatic carbocycles. The van der Waals surface area contributed by atoms with Crippen LogP contribution in [0.5, 0.6) is 0 Å². The predicted molar refractivity (Wildman–Crippen MR) is 93.0 cm³/mol. The molecule has 1 aromatic rings. The van der Waals surface area contributed by atoms with Crippen molar-refractivity contribution in [3.05, 3.63) is 48.3 Å². The Balaban J connectivity index is 2.45. The molecule has 7 nitrogen and oxygen atoms in total. The molecule has 2 amide bonds. The quantitative estimate of drug-likeness (QED) is 0.475. The molecule has 0 aliphatic rings. The number of nitrogens with one attached hydrogen (secondary N) is 3. The number of carbonyl (C=O) groups excluding carboxylic acids is 2. The molecule has 5 N–H and O–H groups in total. The zero-order valence-corrected chi connectivity index (χ0v) is 14.0. The van der Waals surface area contributed by atoms with Gasteiger partial charge >= 0.3 is 6.09 Å². The van der Waals surface area contributed by atoms with Crippen molar-refractivity contribution in [1.29, 1.82) is 0 Å². The molecular weight excluding hydrogens is 308 g/mol. The lowest BCUT2D eigenvalue weighted by Gasteiger charge is -2.18. The Morgan fingerprint density at radius 1 is 1.17 bits per heavy atom. The lowest BCUT2D eigenvalue weighted by atomic mass is 10.1. The molecule has 1 aromatic carbocycles. The van der Waals surface area contributed by atoms with Gasteiger partial charge in [-0.25, -0.2) is 4.79 Å². The van der Waals surface area contributed by atoms with Gasteiger partial charge in [0.2, 0.25) is 5.91 Å². The first kappa shape index (κ1) is 19.3. The molecule has 24 heavy (non-hydrogen) atoms. The fourth-order valence-electron chi connectivity index (χ4n) is 2.09. The second-order valence-electron chi connectivity index (χ2n) is 5.33. The van der Waals surface area contributed by atoms with Crippen molar-refractivity contribution < 1.29 is 14.3 Å². The standard InChI is InChI=1S/C17H26N4O3/c1-13(18)19-10-6-7-11-20-16(22)15(21-17(23)24-2)12-14-8-4-3-5-9-14/h3-5,8-9,15,19H,1,6-7,10-12,18H2,2H3,(H,20,22)(H,21,23)/t15-/m0/s1. The summed E-state index contributed by atoms with van der Waals surface area (Å²) in [5.74, 6) is 0.199. The third-order valence-corrected chi connectivity index (χ3v) is 3.33. The van der Waals surface area contributed by atoms with Crippen LogP contribution in [-0.4, -0.2) is 38.2 Å². The minimum Gasteiger partial charge on any atom is -0.453 e. The van der Waals surface area contributed by atoms with Gasteiger partial charge in [-0.05, 0) is 18.4 Å². The summed E-state index contributed by atoms with van der Waals surface area (Å²) in [6.45, 7) is 4.77. The van der Waals surface area contributed by atoms with Gasteiger partial charge in [-0.1, -0.05) is 36.9 Å². The number of hydrogen-bond donors (Lipinski definition) is 4. The summed E-state index contributed by atoms with van der Waals surface area (Å²) in [7, 11) is 1.27. The van der Waals surface area contributed by atoms with Crippen LogP contribution in [0.15, 0.2) is 42.7 Å². The zero-order chi connectivity index (χ0) is 17.8. The van der Waals surface area contributed by atoms with Crippen LogP contribution in [0.25, 0.3) is 0 Å². The summed E-state index contributed by atoms with van der Waals surface area (Å²) in [6.07, 6.45) is 1.42. The van der Waals surface area contributed by atoms with E-state index in [1.807, 2.05) is 30.3 Å². The van der Waals surface area contributed by atoms with Gasteiger partial charge in [-0.2, -0.15) is 0 Å². The SMILES string of the molecule is C=C(N)NCCCCNC(=O)[C@H](Cc1ccccc1)NC(=O)OC. The number of hydrogen-bond acceptors (Lipinski definition) is 5. The molecular formula is C17H26N4O3. The first-order chi connectivity index (χ1) is 11.5. The number of methoxy groups -OCH3 is 1. The summed E-state index contributed by atoms with van der Waals surface area (Å²) in [4.78, 5) is 23.8. The van der Waals surface area contributed by atoms with Crippen molar-refractivity contribution in [2.45, 2.75) is 25.3 Å². The first-order valence-corrected chi connectivity index (χ1v) is 7.87. The van der Waals surface area contributed by atoms with E-state index in [0.717, 1.165) is 18.4 Å². The molecule has 0 radical (unpaired) electrons. The summed E-state index contributed by atoms with van der Waals surface area (Å²) in [5, 5.41) is 8.32. The van der Waals surface area contributed by atoms with Gasteiger partial charge in [-0.15, -0.1) is 0 Å². The first-order valence-electron chi connectivity index (χ1n) is 7.87. The molecule has 0 heterocycles. The second-order valence-corrected chi connectivity index (χ2v) is 5.33. The average Bonchev–Trinajstić information content (AvgIpc) is 2.57. The van der Waals surface area contributed by atoms with Crippen molar-refractivity contribution in [3.8, 4) is 0 Å². The van der Waals surface area contributed by atoms with E-state index in [-0.39, 0.29) is 5.91 Å². The van der Waals surface area contributed by atoms with E-state index in [9.17, 15) is 9.59 Å². The Bertz CT molecular complexity index is 534. The van der Waals surface area contributed by atoms with E-state index >= 15 is 0 Å². The highest BCUT2D eigenvalue weighted by Crippen LogP contribution is 2.04. The molecule has 0 saturated heterocycles. The third kappa shape index (κ3) is 8.07. The van der Waals surface area contributed by atoms with Crippen LogP contribution in [-0.2, 0) is 16.0 Å². The van der Waals surface area contributed by atoms with Crippen LogP contribution in [0.1, 0.15) is 18.4 Å². The summed E-state index contributed by atoms with van der Waals surface area (Å²) in [5.41, 5.74) is 6.36. The van der Waals surface area contributed by atoms with Gasteiger partial charge in [0.15, 0.2) is 0 Å². The number of amides is 2. The average molecular weight is 334 g/mol. The Kier molecular flexibility index (Phi) is 8.81. The van der Waals surface area contributed by atoms with Gasteiger partial charge in [-0.3, -0.25) is 4.79 Å². The highest BCUT2D eigenvalue weighted by molar-refractivity contribution is 5.85. The lowest BCUT2D eigenvalue weighted by molar-refractivity contribution is -0.123. The minimum absolute atomic E-state index is 0.236.